The van der Waals surface area contributed by atoms with Crippen LogP contribution in [0, 0.1) is 0 Å². The molecule has 2 N–H and O–H groups in total. The number of hydrogen-bond acceptors (Lipinski definition) is 6. The van der Waals surface area contributed by atoms with Crippen LogP contribution in [0.1, 0.15) is 6.42 Å². The number of nitrogens with one attached hydrogen (secondary N) is 2. The van der Waals surface area contributed by atoms with Gasteiger partial charge in [-0.05, 0) is 25.1 Å². The molecule has 6 nitrogen and oxygen atoms in total. The molecule has 0 amide bonds. The third kappa shape index (κ3) is 4.31. The predicted octanol–water partition coefficient (Wildman–Crippen LogP) is 4.26. The number of furan rings is 1. The third-order valence-corrected chi connectivity index (χ3v) is 5.74. The molecule has 2 aromatic heterocycles. The van der Waals surface area contributed by atoms with Crippen molar-refractivity contribution < 1.29 is 4.42 Å². The van der Waals surface area contributed by atoms with Crippen LogP contribution in [0.15, 0.2) is 71.4 Å². The zero-order chi connectivity index (χ0) is 20.9. The lowest BCUT2D eigenvalue weighted by atomic mass is 9.99. The number of anilines is 1. The van der Waals surface area contributed by atoms with E-state index in [0.29, 0.717) is 5.71 Å². The molecule has 0 saturated carbocycles. The quantitative estimate of drug-likeness (QED) is 0.492. The maximum absolute atomic E-state index is 6.28. The van der Waals surface area contributed by atoms with Crippen LogP contribution in [0.4, 0.5) is 5.82 Å². The third-order valence-electron chi connectivity index (χ3n) is 5.74. The Labute approximate surface area is 182 Å². The second kappa shape index (κ2) is 9.29. The minimum absolute atomic E-state index is 0.606. The number of hydrogen-bond donors (Lipinski definition) is 2. The van der Waals surface area contributed by atoms with Gasteiger partial charge in [-0.2, -0.15) is 0 Å². The highest BCUT2D eigenvalue weighted by molar-refractivity contribution is 6.05. The van der Waals surface area contributed by atoms with Crippen molar-refractivity contribution in [2.45, 2.75) is 6.42 Å². The summed E-state index contributed by atoms with van der Waals surface area (Å²) in [5.74, 6) is 1.65. The first-order valence-electron chi connectivity index (χ1n) is 11.0. The van der Waals surface area contributed by atoms with E-state index in [1.165, 1.54) is 6.42 Å². The van der Waals surface area contributed by atoms with Crippen molar-refractivity contribution in [1.82, 2.24) is 20.2 Å². The van der Waals surface area contributed by atoms with Crippen molar-refractivity contribution in [3.05, 3.63) is 67.0 Å². The lowest BCUT2D eigenvalue weighted by Gasteiger charge is -2.19. The second-order valence-electron chi connectivity index (χ2n) is 7.81. The molecule has 0 bridgehead atoms. The summed E-state index contributed by atoms with van der Waals surface area (Å²) in [6.07, 6.45) is 2.77. The average Bonchev–Trinajstić information content (AvgIpc) is 3.03. The summed E-state index contributed by atoms with van der Waals surface area (Å²) < 4.78 is 6.28. The first kappa shape index (κ1) is 19.7. The molecule has 3 heterocycles. The van der Waals surface area contributed by atoms with E-state index in [2.05, 4.69) is 49.8 Å². The first-order chi connectivity index (χ1) is 15.4. The van der Waals surface area contributed by atoms with Crippen molar-refractivity contribution in [3.8, 4) is 22.5 Å². The normalized spacial score (nSPS) is 15.1. The number of aromatic nitrogens is 2. The Hall–Kier alpha value is -3.22. The van der Waals surface area contributed by atoms with Crippen molar-refractivity contribution in [2.24, 2.45) is 0 Å². The summed E-state index contributed by atoms with van der Waals surface area (Å²) in [5.41, 5.74) is 3.76. The highest BCUT2D eigenvalue weighted by atomic mass is 16.3. The van der Waals surface area contributed by atoms with E-state index in [9.17, 15) is 0 Å². The zero-order valence-corrected chi connectivity index (χ0v) is 17.6. The highest BCUT2D eigenvalue weighted by Crippen LogP contribution is 2.42. The fraction of sp³-hybridized carbons (Fsp3) is 0.280. The van der Waals surface area contributed by atoms with Crippen LogP contribution in [0.2, 0.25) is 0 Å². The van der Waals surface area contributed by atoms with Crippen molar-refractivity contribution in [2.75, 3.05) is 44.6 Å². The number of benzene rings is 2. The number of fused-ring (bicyclic) bond motifs is 1. The van der Waals surface area contributed by atoms with Crippen molar-refractivity contribution >= 4 is 16.9 Å². The van der Waals surface area contributed by atoms with Gasteiger partial charge in [0, 0.05) is 37.3 Å². The molecule has 5 rings (SSSR count). The van der Waals surface area contributed by atoms with Gasteiger partial charge in [0.15, 0.2) is 0 Å². The molecule has 1 fully saturated rings. The maximum Gasteiger partial charge on any atom is 0.232 e. The van der Waals surface area contributed by atoms with Gasteiger partial charge in [0.25, 0.3) is 0 Å². The average molecular weight is 414 g/mol. The summed E-state index contributed by atoms with van der Waals surface area (Å²) >= 11 is 0. The predicted molar refractivity (Wildman–Crippen MR) is 125 cm³/mol. The minimum Gasteiger partial charge on any atom is -0.437 e. The molecular weight excluding hydrogens is 386 g/mol. The Morgan fingerprint density at radius 2 is 1.68 bits per heavy atom. The molecule has 1 aliphatic rings. The van der Waals surface area contributed by atoms with Crippen LogP contribution in [0.5, 0.6) is 0 Å². The van der Waals surface area contributed by atoms with E-state index in [1.807, 2.05) is 36.4 Å². The summed E-state index contributed by atoms with van der Waals surface area (Å²) in [6, 6.07) is 20.5. The van der Waals surface area contributed by atoms with Crippen LogP contribution in [-0.4, -0.2) is 54.1 Å². The fourth-order valence-electron chi connectivity index (χ4n) is 4.20. The summed E-state index contributed by atoms with van der Waals surface area (Å²) in [5, 5.41) is 7.95. The van der Waals surface area contributed by atoms with Crippen molar-refractivity contribution in [3.63, 3.8) is 0 Å². The molecule has 31 heavy (non-hydrogen) atoms. The van der Waals surface area contributed by atoms with Crippen LogP contribution < -0.4 is 10.6 Å². The molecule has 0 aliphatic carbocycles. The second-order valence-corrected chi connectivity index (χ2v) is 7.81. The zero-order valence-electron chi connectivity index (χ0n) is 17.6. The lowest BCUT2D eigenvalue weighted by molar-refractivity contribution is 0.304. The molecule has 0 spiro atoms. The molecule has 1 saturated heterocycles. The standard InChI is InChI=1S/C25H27N5O/c1-3-8-19(9-4-1)21-22-24(27-14-17-30-15-7-12-26-13-16-30)28-18-29-25(22)31-23(21)20-10-5-2-6-11-20/h1-6,8-11,18,26H,7,12-17H2,(H,27,28,29). The molecule has 4 aromatic rings. The van der Waals surface area contributed by atoms with Gasteiger partial charge in [0.05, 0.1) is 5.39 Å². The van der Waals surface area contributed by atoms with E-state index in [4.69, 9.17) is 4.42 Å². The van der Waals surface area contributed by atoms with Gasteiger partial charge in [0.2, 0.25) is 5.71 Å². The van der Waals surface area contributed by atoms with E-state index in [-0.39, 0.29) is 0 Å². The number of nitrogens with zero attached hydrogens (tertiary/aromatic N) is 3. The largest absolute Gasteiger partial charge is 0.437 e. The van der Waals surface area contributed by atoms with Crippen LogP contribution in [0.3, 0.4) is 0 Å². The Morgan fingerprint density at radius 3 is 2.48 bits per heavy atom. The molecule has 0 atom stereocenters. The van der Waals surface area contributed by atoms with Crippen molar-refractivity contribution in [1.29, 1.82) is 0 Å². The topological polar surface area (TPSA) is 66.2 Å². The van der Waals surface area contributed by atoms with Gasteiger partial charge >= 0.3 is 0 Å². The minimum atomic E-state index is 0.606. The summed E-state index contributed by atoms with van der Waals surface area (Å²) in [7, 11) is 0. The van der Waals surface area contributed by atoms with Gasteiger partial charge in [-0.3, -0.25) is 0 Å². The summed E-state index contributed by atoms with van der Waals surface area (Å²) in [4.78, 5) is 11.5. The molecule has 158 valence electrons. The van der Waals surface area contributed by atoms with Gasteiger partial charge in [0.1, 0.15) is 17.9 Å². The molecule has 6 heteroatoms. The lowest BCUT2D eigenvalue weighted by Crippen LogP contribution is -2.32. The smallest absolute Gasteiger partial charge is 0.232 e. The number of rotatable bonds is 6. The van der Waals surface area contributed by atoms with Crippen LogP contribution in [0.25, 0.3) is 33.6 Å². The van der Waals surface area contributed by atoms with Gasteiger partial charge in [-0.15, -0.1) is 0 Å². The SMILES string of the molecule is c1ccc(-c2oc3ncnc(NCCN4CCCNCC4)c3c2-c2ccccc2)cc1. The molecule has 0 unspecified atom stereocenters. The first-order valence-corrected chi connectivity index (χ1v) is 11.0. The van der Waals surface area contributed by atoms with E-state index in [0.717, 1.165) is 72.9 Å². The van der Waals surface area contributed by atoms with Crippen LogP contribution in [-0.2, 0) is 0 Å². The Bertz CT molecular complexity index is 1120. The Morgan fingerprint density at radius 1 is 0.903 bits per heavy atom. The molecular formula is C25H27N5O. The van der Waals surface area contributed by atoms with Gasteiger partial charge in [-0.25, -0.2) is 9.97 Å². The fourth-order valence-corrected chi connectivity index (χ4v) is 4.20. The molecule has 2 aromatic carbocycles. The summed E-state index contributed by atoms with van der Waals surface area (Å²) in [6.45, 7) is 6.18. The molecule has 0 radical (unpaired) electrons. The molecule has 1 aliphatic heterocycles. The Balaban J connectivity index is 1.51. The van der Waals surface area contributed by atoms with E-state index < -0.39 is 0 Å². The highest BCUT2D eigenvalue weighted by Gasteiger charge is 2.22. The Kier molecular flexibility index (Phi) is 5.91. The van der Waals surface area contributed by atoms with E-state index >= 15 is 0 Å². The maximum atomic E-state index is 6.28. The van der Waals surface area contributed by atoms with Gasteiger partial charge in [-0.1, -0.05) is 60.7 Å². The van der Waals surface area contributed by atoms with Gasteiger partial charge < -0.3 is 20.0 Å². The van der Waals surface area contributed by atoms with Crippen LogP contribution >= 0.6 is 0 Å². The van der Waals surface area contributed by atoms with E-state index in [1.54, 1.807) is 6.33 Å². The monoisotopic (exact) mass is 413 g/mol.